The normalized spacial score (nSPS) is 16.8. The second kappa shape index (κ2) is 5.00. The fourth-order valence-corrected chi connectivity index (χ4v) is 2.77. The van der Waals surface area contributed by atoms with Crippen molar-refractivity contribution in [1.82, 2.24) is 0 Å². The molecular formula is C17H17NO2. The maximum atomic E-state index is 10.9. The van der Waals surface area contributed by atoms with Gasteiger partial charge in [-0.2, -0.15) is 0 Å². The van der Waals surface area contributed by atoms with Gasteiger partial charge in [0, 0.05) is 0 Å². The Kier molecular flexibility index (Phi) is 3.18. The zero-order valence-electron chi connectivity index (χ0n) is 11.4. The molecule has 1 aliphatic rings. The lowest BCUT2D eigenvalue weighted by Gasteiger charge is -2.12. The monoisotopic (exact) mass is 267 g/mol. The molecule has 20 heavy (non-hydrogen) atoms. The summed E-state index contributed by atoms with van der Waals surface area (Å²) in [5, 5.41) is 0. The van der Waals surface area contributed by atoms with Crippen LogP contribution in [-0.4, -0.2) is 6.09 Å². The second-order valence-corrected chi connectivity index (χ2v) is 5.24. The van der Waals surface area contributed by atoms with Gasteiger partial charge in [0.15, 0.2) is 0 Å². The number of amides is 1. The van der Waals surface area contributed by atoms with E-state index in [1.165, 1.54) is 22.3 Å². The summed E-state index contributed by atoms with van der Waals surface area (Å²) in [6, 6.07) is 14.8. The van der Waals surface area contributed by atoms with Gasteiger partial charge in [-0.05, 0) is 42.0 Å². The predicted molar refractivity (Wildman–Crippen MR) is 78.3 cm³/mol. The molecule has 1 amide bonds. The summed E-state index contributed by atoms with van der Waals surface area (Å²) in [4.78, 5) is 10.9. The molecule has 2 aromatic carbocycles. The van der Waals surface area contributed by atoms with Gasteiger partial charge in [0.05, 0.1) is 0 Å². The van der Waals surface area contributed by atoms with Gasteiger partial charge in [0.25, 0.3) is 0 Å². The molecule has 3 nitrogen and oxygen atoms in total. The fraction of sp³-hybridized carbons (Fsp3) is 0.235. The van der Waals surface area contributed by atoms with E-state index in [9.17, 15) is 4.79 Å². The average molecular weight is 267 g/mol. The van der Waals surface area contributed by atoms with Gasteiger partial charge in [-0.3, -0.25) is 0 Å². The summed E-state index contributed by atoms with van der Waals surface area (Å²) in [6.45, 7) is 2.08. The van der Waals surface area contributed by atoms with Gasteiger partial charge in [0.2, 0.25) is 0 Å². The molecule has 0 saturated heterocycles. The fourth-order valence-electron chi connectivity index (χ4n) is 2.77. The summed E-state index contributed by atoms with van der Waals surface area (Å²) in [7, 11) is 0. The highest BCUT2D eigenvalue weighted by molar-refractivity contribution is 5.67. The van der Waals surface area contributed by atoms with Crippen molar-refractivity contribution in [2.75, 3.05) is 0 Å². The Balaban J connectivity index is 1.91. The molecule has 3 heteroatoms. The molecule has 0 spiro atoms. The first kappa shape index (κ1) is 12.7. The molecule has 0 radical (unpaired) electrons. The molecule has 0 aromatic heterocycles. The Labute approximate surface area is 118 Å². The molecule has 102 valence electrons. The van der Waals surface area contributed by atoms with E-state index in [0.29, 0.717) is 0 Å². The number of benzene rings is 2. The van der Waals surface area contributed by atoms with Crippen molar-refractivity contribution < 1.29 is 9.53 Å². The molecular weight excluding hydrogens is 250 g/mol. The van der Waals surface area contributed by atoms with Crippen LogP contribution in [0.15, 0.2) is 42.5 Å². The third kappa shape index (κ3) is 2.39. The van der Waals surface area contributed by atoms with Crippen LogP contribution in [0.25, 0.3) is 11.1 Å². The summed E-state index contributed by atoms with van der Waals surface area (Å²) in [6.07, 6.45) is 0.850. The van der Waals surface area contributed by atoms with Crippen molar-refractivity contribution in [3.8, 4) is 11.1 Å². The second-order valence-electron chi connectivity index (χ2n) is 5.24. The molecule has 1 unspecified atom stereocenters. The quantitative estimate of drug-likeness (QED) is 0.901. The van der Waals surface area contributed by atoms with Gasteiger partial charge in [-0.25, -0.2) is 4.79 Å². The van der Waals surface area contributed by atoms with Crippen LogP contribution in [0.1, 0.15) is 29.2 Å². The third-order valence-electron chi connectivity index (χ3n) is 3.81. The maximum Gasteiger partial charge on any atom is 0.405 e. The van der Waals surface area contributed by atoms with Gasteiger partial charge < -0.3 is 10.5 Å². The van der Waals surface area contributed by atoms with Crippen molar-refractivity contribution in [2.45, 2.75) is 25.9 Å². The first-order valence-corrected chi connectivity index (χ1v) is 6.79. The lowest BCUT2D eigenvalue weighted by Crippen LogP contribution is -2.15. The van der Waals surface area contributed by atoms with E-state index in [4.69, 9.17) is 10.5 Å². The largest absolute Gasteiger partial charge is 0.441 e. The highest BCUT2D eigenvalue weighted by Crippen LogP contribution is 2.36. The number of primary amides is 1. The van der Waals surface area contributed by atoms with E-state index in [1.54, 1.807) is 0 Å². The smallest absolute Gasteiger partial charge is 0.405 e. The highest BCUT2D eigenvalue weighted by atomic mass is 16.6. The predicted octanol–water partition coefficient (Wildman–Crippen LogP) is 3.74. The van der Waals surface area contributed by atoms with Crippen LogP contribution in [0.2, 0.25) is 0 Å². The highest BCUT2D eigenvalue weighted by Gasteiger charge is 2.25. The van der Waals surface area contributed by atoms with Crippen LogP contribution < -0.4 is 5.73 Å². The summed E-state index contributed by atoms with van der Waals surface area (Å²) in [5.41, 5.74) is 11.1. The van der Waals surface area contributed by atoms with Gasteiger partial charge in [-0.1, -0.05) is 48.0 Å². The number of rotatable bonds is 2. The lowest BCUT2D eigenvalue weighted by atomic mass is 9.99. The first-order valence-electron chi connectivity index (χ1n) is 6.79. The molecule has 0 fully saturated rings. The summed E-state index contributed by atoms with van der Waals surface area (Å²) in [5.74, 6) is 0. The minimum absolute atomic E-state index is 0.186. The van der Waals surface area contributed by atoms with Gasteiger partial charge >= 0.3 is 6.09 Å². The molecule has 3 rings (SSSR count). The molecule has 2 aromatic rings. The zero-order valence-corrected chi connectivity index (χ0v) is 11.4. The first-order chi connectivity index (χ1) is 9.63. The molecule has 1 aliphatic carbocycles. The summed E-state index contributed by atoms with van der Waals surface area (Å²) < 4.78 is 5.14. The number of hydrogen-bond acceptors (Lipinski definition) is 2. The van der Waals surface area contributed by atoms with E-state index in [2.05, 4.69) is 43.3 Å². The number of carbonyl (C=O) groups excluding carboxylic acids is 1. The van der Waals surface area contributed by atoms with Crippen LogP contribution >= 0.6 is 0 Å². The number of carbonyl (C=O) groups is 1. The van der Waals surface area contributed by atoms with Crippen molar-refractivity contribution in [3.63, 3.8) is 0 Å². The van der Waals surface area contributed by atoms with E-state index in [1.807, 2.05) is 6.07 Å². The molecule has 0 bridgehead atoms. The SMILES string of the molecule is Cc1ccc(-c2ccc3c(c2)CCC3OC(N)=O)cc1. The minimum atomic E-state index is -0.703. The molecule has 0 aliphatic heterocycles. The van der Waals surface area contributed by atoms with Crippen molar-refractivity contribution in [1.29, 1.82) is 0 Å². The van der Waals surface area contributed by atoms with Crippen LogP contribution in [0.4, 0.5) is 4.79 Å². The lowest BCUT2D eigenvalue weighted by molar-refractivity contribution is 0.107. The number of aryl methyl sites for hydroxylation is 2. The minimum Gasteiger partial charge on any atom is -0.441 e. The Morgan fingerprint density at radius 2 is 1.85 bits per heavy atom. The number of ether oxygens (including phenoxy) is 1. The van der Waals surface area contributed by atoms with Crippen LogP contribution in [-0.2, 0) is 11.2 Å². The molecule has 2 N–H and O–H groups in total. The van der Waals surface area contributed by atoms with Crippen molar-refractivity contribution in [2.24, 2.45) is 5.73 Å². The summed E-state index contributed by atoms with van der Waals surface area (Å²) >= 11 is 0. The Bertz CT molecular complexity index is 647. The van der Waals surface area contributed by atoms with Crippen molar-refractivity contribution >= 4 is 6.09 Å². The van der Waals surface area contributed by atoms with E-state index in [0.717, 1.165) is 18.4 Å². The van der Waals surface area contributed by atoms with E-state index >= 15 is 0 Å². The zero-order chi connectivity index (χ0) is 14.1. The standard InChI is InChI=1S/C17H17NO2/c1-11-2-4-12(5-3-11)13-6-8-15-14(10-13)7-9-16(15)20-17(18)19/h2-6,8,10,16H,7,9H2,1H3,(H2,18,19). The third-order valence-corrected chi connectivity index (χ3v) is 3.81. The Morgan fingerprint density at radius 1 is 1.15 bits per heavy atom. The topological polar surface area (TPSA) is 52.3 Å². The average Bonchev–Trinajstić information content (AvgIpc) is 2.81. The maximum absolute atomic E-state index is 10.9. The molecule has 0 heterocycles. The Hall–Kier alpha value is -2.29. The number of nitrogens with two attached hydrogens (primary N) is 1. The Morgan fingerprint density at radius 3 is 2.55 bits per heavy atom. The van der Waals surface area contributed by atoms with Crippen LogP contribution in [0, 0.1) is 6.92 Å². The van der Waals surface area contributed by atoms with Gasteiger partial charge in [-0.15, -0.1) is 0 Å². The molecule has 1 atom stereocenters. The van der Waals surface area contributed by atoms with E-state index < -0.39 is 6.09 Å². The van der Waals surface area contributed by atoms with Crippen LogP contribution in [0.5, 0.6) is 0 Å². The van der Waals surface area contributed by atoms with E-state index in [-0.39, 0.29) is 6.10 Å². The van der Waals surface area contributed by atoms with Crippen LogP contribution in [0.3, 0.4) is 0 Å². The van der Waals surface area contributed by atoms with Crippen molar-refractivity contribution in [3.05, 3.63) is 59.2 Å². The van der Waals surface area contributed by atoms with Gasteiger partial charge in [0.1, 0.15) is 6.10 Å². The number of hydrogen-bond donors (Lipinski definition) is 1. The number of fused-ring (bicyclic) bond motifs is 1. The molecule has 0 saturated carbocycles.